The second-order valence-electron chi connectivity index (χ2n) is 6.09. The van der Waals surface area contributed by atoms with Gasteiger partial charge in [0.2, 0.25) is 0 Å². The number of rotatable bonds is 9. The maximum Gasteiger partial charge on any atom is 0.103 e. The first-order chi connectivity index (χ1) is 9.92. The molecule has 0 aliphatic carbocycles. The zero-order chi connectivity index (χ0) is 15.9. The van der Waals surface area contributed by atoms with Crippen LogP contribution < -0.4 is 5.73 Å². The van der Waals surface area contributed by atoms with Crippen LogP contribution in [0.1, 0.15) is 25.8 Å². The molecule has 0 saturated heterocycles. The maximum atomic E-state index is 10.8. The Morgan fingerprint density at radius 3 is 2.33 bits per heavy atom. The third kappa shape index (κ3) is 5.40. The molecule has 0 amide bonds. The van der Waals surface area contributed by atoms with Crippen LogP contribution in [-0.4, -0.2) is 61.2 Å². The smallest absolute Gasteiger partial charge is 0.103 e. The fraction of sp³-hybridized carbons (Fsp3) is 0.647. The molecular weight excluding hydrogens is 262 g/mol. The molecule has 0 aliphatic heterocycles. The van der Waals surface area contributed by atoms with Crippen LogP contribution in [0.5, 0.6) is 0 Å². The molecular formula is C17H31N3O. The topological polar surface area (TPSA) is 52.7 Å². The SMILES string of the molecule is CCN(CCC(O)(CN)c1ccccc1)C(C)CN(C)C. The van der Waals surface area contributed by atoms with Crippen LogP contribution in [0, 0.1) is 0 Å². The van der Waals surface area contributed by atoms with Crippen LogP contribution in [0.15, 0.2) is 30.3 Å². The Morgan fingerprint density at radius 1 is 1.24 bits per heavy atom. The Hall–Kier alpha value is -0.940. The maximum absolute atomic E-state index is 10.8. The third-order valence-corrected chi connectivity index (χ3v) is 4.12. The van der Waals surface area contributed by atoms with Crippen LogP contribution in [0.3, 0.4) is 0 Å². The van der Waals surface area contributed by atoms with Gasteiger partial charge in [0.1, 0.15) is 5.60 Å². The summed E-state index contributed by atoms with van der Waals surface area (Å²) in [6, 6.07) is 10.2. The lowest BCUT2D eigenvalue weighted by molar-refractivity contribution is 0.0209. The zero-order valence-corrected chi connectivity index (χ0v) is 13.9. The van der Waals surface area contributed by atoms with Gasteiger partial charge in [-0.15, -0.1) is 0 Å². The fourth-order valence-electron chi connectivity index (χ4n) is 2.78. The van der Waals surface area contributed by atoms with Crippen LogP contribution >= 0.6 is 0 Å². The van der Waals surface area contributed by atoms with E-state index in [0.717, 1.165) is 25.2 Å². The van der Waals surface area contributed by atoms with Gasteiger partial charge in [-0.1, -0.05) is 37.3 Å². The van der Waals surface area contributed by atoms with Crippen LogP contribution in [0.25, 0.3) is 0 Å². The highest BCUT2D eigenvalue weighted by molar-refractivity contribution is 5.22. The van der Waals surface area contributed by atoms with E-state index < -0.39 is 5.60 Å². The zero-order valence-electron chi connectivity index (χ0n) is 13.9. The minimum absolute atomic E-state index is 0.247. The summed E-state index contributed by atoms with van der Waals surface area (Å²) in [6.45, 7) is 7.47. The summed E-state index contributed by atoms with van der Waals surface area (Å²) in [5.41, 5.74) is 5.82. The van der Waals surface area contributed by atoms with Gasteiger partial charge in [-0.05, 0) is 39.5 Å². The average molecular weight is 293 g/mol. The van der Waals surface area contributed by atoms with Crippen LogP contribution in [0.2, 0.25) is 0 Å². The number of nitrogens with zero attached hydrogens (tertiary/aromatic N) is 2. The molecule has 0 radical (unpaired) electrons. The highest BCUT2D eigenvalue weighted by atomic mass is 16.3. The molecule has 0 aliphatic rings. The van der Waals surface area contributed by atoms with E-state index in [9.17, 15) is 5.11 Å². The summed E-state index contributed by atoms with van der Waals surface area (Å²) in [5, 5.41) is 10.8. The minimum Gasteiger partial charge on any atom is -0.384 e. The van der Waals surface area contributed by atoms with E-state index in [1.807, 2.05) is 30.3 Å². The fourth-order valence-corrected chi connectivity index (χ4v) is 2.78. The van der Waals surface area contributed by atoms with Gasteiger partial charge in [0.05, 0.1) is 0 Å². The van der Waals surface area contributed by atoms with Crippen molar-refractivity contribution < 1.29 is 5.11 Å². The Bertz CT molecular complexity index is 396. The summed E-state index contributed by atoms with van der Waals surface area (Å²) in [4.78, 5) is 4.59. The number of hydrogen-bond donors (Lipinski definition) is 2. The normalized spacial score (nSPS) is 16.2. The number of benzene rings is 1. The van der Waals surface area contributed by atoms with Crippen molar-refractivity contribution in [3.63, 3.8) is 0 Å². The lowest BCUT2D eigenvalue weighted by Gasteiger charge is -2.34. The minimum atomic E-state index is -0.938. The molecule has 2 atom stereocenters. The van der Waals surface area contributed by atoms with Crippen molar-refractivity contribution in [3.8, 4) is 0 Å². The number of nitrogens with two attached hydrogens (primary N) is 1. The van der Waals surface area contributed by atoms with Gasteiger partial charge in [0.15, 0.2) is 0 Å². The molecule has 1 aromatic carbocycles. The van der Waals surface area contributed by atoms with Gasteiger partial charge in [-0.3, -0.25) is 4.90 Å². The molecule has 0 fully saturated rings. The summed E-state index contributed by atoms with van der Waals surface area (Å²) in [7, 11) is 4.18. The third-order valence-electron chi connectivity index (χ3n) is 4.12. The molecule has 2 unspecified atom stereocenters. The highest BCUT2D eigenvalue weighted by Crippen LogP contribution is 2.24. The van der Waals surface area contributed by atoms with Gasteiger partial charge in [0.25, 0.3) is 0 Å². The van der Waals surface area contributed by atoms with Crippen LogP contribution in [-0.2, 0) is 5.60 Å². The van der Waals surface area contributed by atoms with Crippen molar-refractivity contribution in [2.75, 3.05) is 40.3 Å². The molecule has 4 heteroatoms. The molecule has 1 aromatic rings. The molecule has 0 aromatic heterocycles. The van der Waals surface area contributed by atoms with E-state index in [0.29, 0.717) is 12.5 Å². The number of aliphatic hydroxyl groups is 1. The van der Waals surface area contributed by atoms with Crippen molar-refractivity contribution in [3.05, 3.63) is 35.9 Å². The largest absolute Gasteiger partial charge is 0.384 e. The highest BCUT2D eigenvalue weighted by Gasteiger charge is 2.28. The van der Waals surface area contributed by atoms with Crippen molar-refractivity contribution in [2.24, 2.45) is 5.73 Å². The van der Waals surface area contributed by atoms with Crippen molar-refractivity contribution >= 4 is 0 Å². The Labute approximate surface area is 129 Å². The Balaban J connectivity index is 2.69. The van der Waals surface area contributed by atoms with Crippen molar-refractivity contribution in [1.82, 2.24) is 9.80 Å². The molecule has 0 saturated carbocycles. The first kappa shape index (κ1) is 18.1. The van der Waals surface area contributed by atoms with Crippen LogP contribution in [0.4, 0.5) is 0 Å². The second kappa shape index (κ2) is 8.49. The molecule has 120 valence electrons. The lowest BCUT2D eigenvalue weighted by Crippen LogP contribution is -2.44. The summed E-state index contributed by atoms with van der Waals surface area (Å²) in [6.07, 6.45) is 0.652. The van der Waals surface area contributed by atoms with E-state index >= 15 is 0 Å². The van der Waals surface area contributed by atoms with E-state index in [-0.39, 0.29) is 6.54 Å². The summed E-state index contributed by atoms with van der Waals surface area (Å²) < 4.78 is 0. The molecule has 3 N–H and O–H groups in total. The van der Waals surface area contributed by atoms with Gasteiger partial charge >= 0.3 is 0 Å². The quantitative estimate of drug-likeness (QED) is 0.724. The van der Waals surface area contributed by atoms with Gasteiger partial charge in [-0.25, -0.2) is 0 Å². The second-order valence-corrected chi connectivity index (χ2v) is 6.09. The Morgan fingerprint density at radius 2 is 1.86 bits per heavy atom. The molecule has 0 heterocycles. The molecule has 21 heavy (non-hydrogen) atoms. The standard InChI is InChI=1S/C17H31N3O/c1-5-20(15(2)13-19(3)4)12-11-17(21,14-18)16-9-7-6-8-10-16/h6-10,15,21H,5,11-14,18H2,1-4H3. The first-order valence-corrected chi connectivity index (χ1v) is 7.79. The van der Waals surface area contributed by atoms with E-state index in [2.05, 4.69) is 37.7 Å². The van der Waals surface area contributed by atoms with E-state index in [1.165, 1.54) is 0 Å². The van der Waals surface area contributed by atoms with E-state index in [4.69, 9.17) is 5.73 Å². The average Bonchev–Trinajstić information content (AvgIpc) is 2.47. The summed E-state index contributed by atoms with van der Waals surface area (Å²) in [5.74, 6) is 0. The lowest BCUT2D eigenvalue weighted by atomic mass is 9.90. The number of hydrogen-bond acceptors (Lipinski definition) is 4. The predicted molar refractivity (Wildman–Crippen MR) is 89.3 cm³/mol. The predicted octanol–water partition coefficient (Wildman–Crippen LogP) is 1.49. The van der Waals surface area contributed by atoms with E-state index in [1.54, 1.807) is 0 Å². The molecule has 4 nitrogen and oxygen atoms in total. The first-order valence-electron chi connectivity index (χ1n) is 7.79. The van der Waals surface area contributed by atoms with Gasteiger partial charge in [-0.2, -0.15) is 0 Å². The van der Waals surface area contributed by atoms with Crippen molar-refractivity contribution in [2.45, 2.75) is 31.9 Å². The van der Waals surface area contributed by atoms with Crippen molar-refractivity contribution in [1.29, 1.82) is 0 Å². The monoisotopic (exact) mass is 293 g/mol. The molecule has 0 bridgehead atoms. The number of likely N-dealkylation sites (N-methyl/N-ethyl adjacent to an activating group) is 2. The molecule has 0 spiro atoms. The summed E-state index contributed by atoms with van der Waals surface area (Å²) >= 11 is 0. The van der Waals surface area contributed by atoms with Gasteiger partial charge < -0.3 is 15.7 Å². The Kier molecular flexibility index (Phi) is 7.32. The molecule has 1 rings (SSSR count). The van der Waals surface area contributed by atoms with Gasteiger partial charge in [0, 0.05) is 25.7 Å².